The molecule has 5 nitrogen and oxygen atoms in total. The lowest BCUT2D eigenvalue weighted by atomic mass is 9.88. The number of Topliss-reactive ketones (excluding diaryl/α,β-unsaturated/α-hetero) is 1. The SMILES string of the molecule is CCOc1ccc(C(=O)CC2(O)C(=O)N(Cc3cccs3)c3ccc(Cl)cc32)cc1. The van der Waals surface area contributed by atoms with Crippen LogP contribution in [0.2, 0.25) is 5.02 Å². The molecular weight excluding hydrogens is 422 g/mol. The lowest BCUT2D eigenvalue weighted by Gasteiger charge is -2.22. The van der Waals surface area contributed by atoms with Crippen molar-refractivity contribution in [2.45, 2.75) is 25.5 Å². The molecule has 0 saturated heterocycles. The number of aliphatic hydroxyl groups is 1. The van der Waals surface area contributed by atoms with Gasteiger partial charge in [0, 0.05) is 21.0 Å². The van der Waals surface area contributed by atoms with Gasteiger partial charge < -0.3 is 14.7 Å². The van der Waals surface area contributed by atoms with Gasteiger partial charge in [-0.15, -0.1) is 11.3 Å². The molecule has 30 heavy (non-hydrogen) atoms. The Morgan fingerprint density at radius 1 is 1.20 bits per heavy atom. The number of rotatable bonds is 7. The second kappa shape index (κ2) is 8.22. The minimum absolute atomic E-state index is 0.324. The normalized spacial score (nSPS) is 17.8. The third kappa shape index (κ3) is 3.74. The summed E-state index contributed by atoms with van der Waals surface area (Å²) in [6.45, 7) is 2.73. The summed E-state index contributed by atoms with van der Waals surface area (Å²) < 4.78 is 5.40. The first-order valence-electron chi connectivity index (χ1n) is 9.55. The van der Waals surface area contributed by atoms with Gasteiger partial charge in [0.05, 0.1) is 25.3 Å². The predicted molar refractivity (Wildman–Crippen MR) is 117 cm³/mol. The fourth-order valence-electron chi connectivity index (χ4n) is 3.65. The van der Waals surface area contributed by atoms with Crippen molar-refractivity contribution >= 4 is 40.3 Å². The predicted octanol–water partition coefficient (Wildman–Crippen LogP) is 4.81. The number of nitrogens with zero attached hydrogens (tertiary/aromatic N) is 1. The van der Waals surface area contributed by atoms with E-state index in [4.69, 9.17) is 16.3 Å². The topological polar surface area (TPSA) is 66.8 Å². The zero-order valence-electron chi connectivity index (χ0n) is 16.3. The zero-order valence-corrected chi connectivity index (χ0v) is 17.9. The van der Waals surface area contributed by atoms with Crippen LogP contribution in [-0.4, -0.2) is 23.4 Å². The van der Waals surface area contributed by atoms with Crippen molar-refractivity contribution in [3.05, 3.63) is 81.0 Å². The molecule has 0 radical (unpaired) electrons. The Bertz CT molecular complexity index is 1080. The Hall–Kier alpha value is -2.67. The maximum absolute atomic E-state index is 13.3. The Labute approximate surface area is 183 Å². The number of hydrogen-bond acceptors (Lipinski definition) is 5. The molecule has 0 aliphatic carbocycles. The van der Waals surface area contributed by atoms with Crippen molar-refractivity contribution in [2.75, 3.05) is 11.5 Å². The van der Waals surface area contributed by atoms with Crippen LogP contribution in [-0.2, 0) is 16.9 Å². The highest BCUT2D eigenvalue weighted by Gasteiger charge is 2.51. The van der Waals surface area contributed by atoms with Crippen LogP contribution in [0.5, 0.6) is 5.75 Å². The summed E-state index contributed by atoms with van der Waals surface area (Å²) >= 11 is 7.68. The highest BCUT2D eigenvalue weighted by Crippen LogP contribution is 2.45. The molecule has 1 aliphatic rings. The highest BCUT2D eigenvalue weighted by molar-refractivity contribution is 7.09. The molecule has 1 amide bonds. The Kier molecular flexibility index (Phi) is 5.64. The molecule has 2 heterocycles. The summed E-state index contributed by atoms with van der Waals surface area (Å²) in [6, 6.07) is 15.5. The first-order chi connectivity index (χ1) is 14.4. The lowest BCUT2D eigenvalue weighted by Crippen LogP contribution is -2.41. The molecule has 0 saturated carbocycles. The summed E-state index contributed by atoms with van der Waals surface area (Å²) in [5.74, 6) is -0.200. The molecule has 2 aromatic carbocycles. The van der Waals surface area contributed by atoms with Gasteiger partial charge >= 0.3 is 0 Å². The number of hydrogen-bond donors (Lipinski definition) is 1. The van der Waals surface area contributed by atoms with E-state index in [0.29, 0.717) is 40.7 Å². The van der Waals surface area contributed by atoms with E-state index in [1.807, 2.05) is 24.4 Å². The van der Waals surface area contributed by atoms with E-state index < -0.39 is 11.5 Å². The van der Waals surface area contributed by atoms with Gasteiger partial charge in [-0.25, -0.2) is 0 Å². The van der Waals surface area contributed by atoms with E-state index in [-0.39, 0.29) is 12.2 Å². The van der Waals surface area contributed by atoms with Crippen LogP contribution in [0.4, 0.5) is 5.69 Å². The summed E-state index contributed by atoms with van der Waals surface area (Å²) in [5, 5.41) is 13.7. The molecule has 4 rings (SSSR count). The minimum atomic E-state index is -1.97. The van der Waals surface area contributed by atoms with Gasteiger partial charge in [-0.3, -0.25) is 9.59 Å². The van der Waals surface area contributed by atoms with E-state index in [0.717, 1.165) is 4.88 Å². The Balaban J connectivity index is 1.65. The van der Waals surface area contributed by atoms with Crippen molar-refractivity contribution in [3.8, 4) is 5.75 Å². The number of fused-ring (bicyclic) bond motifs is 1. The van der Waals surface area contributed by atoms with Crippen LogP contribution in [0.15, 0.2) is 60.0 Å². The number of carbonyl (C=O) groups is 2. The minimum Gasteiger partial charge on any atom is -0.494 e. The number of thiophene rings is 1. The van der Waals surface area contributed by atoms with E-state index in [1.165, 1.54) is 16.2 Å². The monoisotopic (exact) mass is 441 g/mol. The number of benzene rings is 2. The van der Waals surface area contributed by atoms with Gasteiger partial charge in [0.15, 0.2) is 11.4 Å². The molecule has 0 spiro atoms. The first kappa shape index (κ1) is 20.6. The largest absolute Gasteiger partial charge is 0.494 e. The average Bonchev–Trinajstić information content (AvgIpc) is 3.31. The third-order valence-corrected chi connectivity index (χ3v) is 6.19. The van der Waals surface area contributed by atoms with E-state index in [2.05, 4.69) is 0 Å². The van der Waals surface area contributed by atoms with Crippen molar-refractivity contribution in [1.29, 1.82) is 0 Å². The summed E-state index contributed by atoms with van der Waals surface area (Å²) in [6.07, 6.45) is -0.367. The second-order valence-corrected chi connectivity index (χ2v) is 8.52. The average molecular weight is 442 g/mol. The molecule has 1 aliphatic heterocycles. The van der Waals surface area contributed by atoms with Crippen LogP contribution < -0.4 is 9.64 Å². The third-order valence-electron chi connectivity index (χ3n) is 5.09. The Morgan fingerprint density at radius 2 is 1.97 bits per heavy atom. The maximum Gasteiger partial charge on any atom is 0.264 e. The van der Waals surface area contributed by atoms with Crippen molar-refractivity contribution in [1.82, 2.24) is 0 Å². The first-order valence-corrected chi connectivity index (χ1v) is 10.8. The molecule has 0 fully saturated rings. The van der Waals surface area contributed by atoms with Gasteiger partial charge in [0.25, 0.3) is 5.91 Å². The molecular formula is C23H20ClNO4S. The number of halogens is 1. The van der Waals surface area contributed by atoms with Gasteiger partial charge in [0.2, 0.25) is 0 Å². The van der Waals surface area contributed by atoms with E-state index >= 15 is 0 Å². The smallest absolute Gasteiger partial charge is 0.264 e. The van der Waals surface area contributed by atoms with Crippen molar-refractivity contribution in [2.24, 2.45) is 0 Å². The van der Waals surface area contributed by atoms with Crippen LogP contribution in [0.3, 0.4) is 0 Å². The fraction of sp³-hybridized carbons (Fsp3) is 0.217. The number of ketones is 1. The molecule has 7 heteroatoms. The van der Waals surface area contributed by atoms with Crippen LogP contribution >= 0.6 is 22.9 Å². The van der Waals surface area contributed by atoms with Gasteiger partial charge in [-0.1, -0.05) is 17.7 Å². The molecule has 1 N–H and O–H groups in total. The lowest BCUT2D eigenvalue weighted by molar-refractivity contribution is -0.136. The summed E-state index contributed by atoms with van der Waals surface area (Å²) in [4.78, 5) is 28.7. The highest BCUT2D eigenvalue weighted by atomic mass is 35.5. The molecule has 1 aromatic heterocycles. The van der Waals surface area contributed by atoms with Crippen molar-refractivity contribution in [3.63, 3.8) is 0 Å². The van der Waals surface area contributed by atoms with Crippen LogP contribution in [0.1, 0.15) is 34.1 Å². The molecule has 154 valence electrons. The molecule has 3 aromatic rings. The Morgan fingerprint density at radius 3 is 2.63 bits per heavy atom. The van der Waals surface area contributed by atoms with Crippen LogP contribution in [0.25, 0.3) is 0 Å². The second-order valence-electron chi connectivity index (χ2n) is 7.05. The number of ether oxygens (including phenoxy) is 1. The van der Waals surface area contributed by atoms with E-state index in [9.17, 15) is 14.7 Å². The maximum atomic E-state index is 13.3. The van der Waals surface area contributed by atoms with Crippen LogP contribution in [0, 0.1) is 0 Å². The fourth-order valence-corrected chi connectivity index (χ4v) is 4.51. The van der Waals surface area contributed by atoms with Gasteiger partial charge in [0.1, 0.15) is 5.75 Å². The summed E-state index contributed by atoms with van der Waals surface area (Å²) in [7, 11) is 0. The molecule has 0 bridgehead atoms. The number of amides is 1. The van der Waals surface area contributed by atoms with Crippen molar-refractivity contribution < 1.29 is 19.4 Å². The number of carbonyl (C=O) groups excluding carboxylic acids is 2. The standard InChI is InChI=1S/C23H20ClNO4S/c1-2-29-17-8-5-15(6-9-17)21(26)13-23(28)19-12-16(24)7-10-20(19)25(22(23)27)14-18-4-3-11-30-18/h3-12,28H,2,13-14H2,1H3. The summed E-state index contributed by atoms with van der Waals surface area (Å²) in [5.41, 5.74) is -0.636. The quantitative estimate of drug-likeness (QED) is 0.534. The van der Waals surface area contributed by atoms with Gasteiger partial charge in [-0.05, 0) is 60.8 Å². The molecule has 1 atom stereocenters. The van der Waals surface area contributed by atoms with Gasteiger partial charge in [-0.2, -0.15) is 0 Å². The zero-order chi connectivity index (χ0) is 21.3. The number of anilines is 1. The molecule has 1 unspecified atom stereocenters. The van der Waals surface area contributed by atoms with E-state index in [1.54, 1.807) is 42.5 Å².